The normalized spacial score (nSPS) is 13.3. The fourth-order valence-corrected chi connectivity index (χ4v) is 6.84. The summed E-state index contributed by atoms with van der Waals surface area (Å²) >= 11 is 0. The third kappa shape index (κ3) is 12.6. The highest BCUT2D eigenvalue weighted by atomic mass is 32.2. The molecule has 13 heteroatoms. The molecule has 0 aromatic heterocycles. The van der Waals surface area contributed by atoms with Gasteiger partial charge < -0.3 is 14.2 Å². The highest BCUT2D eigenvalue weighted by Gasteiger charge is 2.40. The summed E-state index contributed by atoms with van der Waals surface area (Å²) in [4.78, 5) is 24.4. The highest BCUT2D eigenvalue weighted by Crippen LogP contribution is 2.55. The maximum atomic E-state index is 13.9. The topological polar surface area (TPSA) is 152 Å². The molecular formula is C29H41O11PS. The van der Waals surface area contributed by atoms with Crippen molar-refractivity contribution in [2.45, 2.75) is 66.5 Å². The zero-order valence-corrected chi connectivity index (χ0v) is 26.6. The van der Waals surface area contributed by atoms with Crippen molar-refractivity contribution < 1.29 is 50.4 Å². The summed E-state index contributed by atoms with van der Waals surface area (Å²) in [6.45, 7) is 8.05. The second-order valence-corrected chi connectivity index (χ2v) is 15.6. The molecule has 11 nitrogen and oxygen atoms in total. The summed E-state index contributed by atoms with van der Waals surface area (Å²) < 4.78 is 74.1. The molecule has 0 heterocycles. The van der Waals surface area contributed by atoms with Gasteiger partial charge in [-0.1, -0.05) is 30.3 Å². The Kier molecular flexibility index (Phi) is 12.7. The van der Waals surface area contributed by atoms with Crippen molar-refractivity contribution in [3.05, 3.63) is 60.2 Å². The Bertz CT molecular complexity index is 1290. The molecule has 1 N–H and O–H groups in total. The fourth-order valence-electron chi connectivity index (χ4n) is 3.49. The van der Waals surface area contributed by atoms with Crippen molar-refractivity contribution in [1.82, 2.24) is 0 Å². The van der Waals surface area contributed by atoms with Crippen LogP contribution in [0, 0.1) is 10.8 Å². The minimum absolute atomic E-state index is 0.0265. The Morgan fingerprint density at radius 3 is 1.86 bits per heavy atom. The second kappa shape index (κ2) is 15.1. The first-order valence-corrected chi connectivity index (χ1v) is 16.6. The van der Waals surface area contributed by atoms with Crippen LogP contribution in [0.2, 0.25) is 0 Å². The molecule has 2 aromatic carbocycles. The molecule has 0 bridgehead atoms. The van der Waals surface area contributed by atoms with Gasteiger partial charge in [-0.15, -0.1) is 0 Å². The molecule has 0 fully saturated rings. The number of benzene rings is 2. The van der Waals surface area contributed by atoms with Gasteiger partial charge in [0.05, 0.1) is 22.2 Å². The van der Waals surface area contributed by atoms with Gasteiger partial charge in [0, 0.05) is 0 Å². The molecule has 2 aromatic rings. The molecule has 0 amide bonds. The van der Waals surface area contributed by atoms with Crippen molar-refractivity contribution in [1.29, 1.82) is 0 Å². The number of carbonyl (C=O) groups excluding carboxylic acids is 2. The maximum Gasteiger partial charge on any atom is 0.340 e. The number of para-hydroxylation sites is 1. The fraction of sp³-hybridized carbons (Fsp3) is 0.517. The summed E-state index contributed by atoms with van der Waals surface area (Å²) in [5.41, 5.74) is -2.27. The minimum Gasteiger partial charge on any atom is -0.457 e. The lowest BCUT2D eigenvalue weighted by molar-refractivity contribution is -0.162. The smallest absolute Gasteiger partial charge is 0.340 e. The van der Waals surface area contributed by atoms with Crippen molar-refractivity contribution >= 4 is 29.7 Å². The molecule has 0 spiro atoms. The summed E-state index contributed by atoms with van der Waals surface area (Å²) in [5.74, 6) is -0.999. The number of hydrogen-bond donors (Lipinski definition) is 1. The molecule has 234 valence electrons. The van der Waals surface area contributed by atoms with Crippen LogP contribution in [0.4, 0.5) is 0 Å². The van der Waals surface area contributed by atoms with Crippen molar-refractivity contribution in [2.24, 2.45) is 10.8 Å². The van der Waals surface area contributed by atoms with Gasteiger partial charge in [-0.25, -0.2) is 0 Å². The molecule has 0 radical (unpaired) electrons. The van der Waals surface area contributed by atoms with E-state index in [-0.39, 0.29) is 6.42 Å². The summed E-state index contributed by atoms with van der Waals surface area (Å²) in [6, 6.07) is 16.5. The average molecular weight is 629 g/mol. The van der Waals surface area contributed by atoms with Crippen molar-refractivity contribution in [3.63, 3.8) is 0 Å². The van der Waals surface area contributed by atoms with E-state index in [9.17, 15) is 27.1 Å². The predicted octanol–water partition coefficient (Wildman–Crippen LogP) is 6.38. The second-order valence-electron chi connectivity index (χ2n) is 11.8. The molecule has 0 saturated heterocycles. The molecule has 0 aliphatic rings. The van der Waals surface area contributed by atoms with Crippen molar-refractivity contribution in [3.8, 4) is 11.5 Å². The van der Waals surface area contributed by atoms with Gasteiger partial charge in [0.15, 0.2) is 0 Å². The SMILES string of the molecule is CC(C)(C)C(=O)OCOP(=O)(OCOC(=O)C(C)(C)C)C(CCCc1cccc(Oc2ccccc2)c1)CS(=O)(=O)O. The monoisotopic (exact) mass is 628 g/mol. The van der Waals surface area contributed by atoms with E-state index < -0.39 is 65.5 Å². The summed E-state index contributed by atoms with van der Waals surface area (Å²) in [6.07, 6.45) is 0.725. The van der Waals surface area contributed by atoms with Crippen LogP contribution in [0.25, 0.3) is 0 Å². The van der Waals surface area contributed by atoms with Crippen LogP contribution in [-0.4, -0.2) is 49.9 Å². The minimum atomic E-state index is -4.64. The number of rotatable bonds is 15. The van der Waals surface area contributed by atoms with Crippen LogP contribution < -0.4 is 4.74 Å². The van der Waals surface area contributed by atoms with E-state index in [1.165, 1.54) is 0 Å². The number of ether oxygens (including phenoxy) is 3. The van der Waals surface area contributed by atoms with Crippen LogP contribution in [0.15, 0.2) is 54.6 Å². The van der Waals surface area contributed by atoms with E-state index in [1.807, 2.05) is 48.5 Å². The summed E-state index contributed by atoms with van der Waals surface area (Å²) in [7, 11) is -9.08. The van der Waals surface area contributed by atoms with Gasteiger partial charge in [-0.05, 0) is 90.6 Å². The Labute approximate surface area is 248 Å². The number of carbonyl (C=O) groups is 2. The van der Waals surface area contributed by atoms with E-state index >= 15 is 0 Å². The lowest BCUT2D eigenvalue weighted by Crippen LogP contribution is -2.28. The molecule has 2 rings (SSSR count). The Morgan fingerprint density at radius 1 is 0.833 bits per heavy atom. The van der Waals surface area contributed by atoms with E-state index in [0.717, 1.165) is 5.56 Å². The zero-order valence-electron chi connectivity index (χ0n) is 24.9. The lowest BCUT2D eigenvalue weighted by Gasteiger charge is -2.27. The van der Waals surface area contributed by atoms with Crippen LogP contribution in [0.3, 0.4) is 0 Å². The molecule has 0 saturated carbocycles. The highest BCUT2D eigenvalue weighted by molar-refractivity contribution is 7.86. The first-order valence-electron chi connectivity index (χ1n) is 13.4. The Hall–Kier alpha value is -2.76. The maximum absolute atomic E-state index is 13.9. The average Bonchev–Trinajstić information content (AvgIpc) is 2.87. The quantitative estimate of drug-likeness (QED) is 0.101. The largest absolute Gasteiger partial charge is 0.457 e. The van der Waals surface area contributed by atoms with Gasteiger partial charge in [0.2, 0.25) is 13.6 Å². The Balaban J connectivity index is 2.19. The van der Waals surface area contributed by atoms with Gasteiger partial charge in [-0.2, -0.15) is 8.42 Å². The molecule has 0 aliphatic heterocycles. The van der Waals surface area contributed by atoms with Gasteiger partial charge in [0.25, 0.3) is 10.1 Å². The third-order valence-corrected chi connectivity index (χ3v) is 9.14. The van der Waals surface area contributed by atoms with Crippen LogP contribution >= 0.6 is 7.60 Å². The lowest BCUT2D eigenvalue weighted by atomic mass is 9.98. The molecule has 1 atom stereocenters. The van der Waals surface area contributed by atoms with Crippen molar-refractivity contribution in [2.75, 3.05) is 19.3 Å². The first kappa shape index (κ1) is 35.4. The van der Waals surface area contributed by atoms with Gasteiger partial charge in [-0.3, -0.25) is 27.8 Å². The molecule has 0 aliphatic carbocycles. The summed E-state index contributed by atoms with van der Waals surface area (Å²) in [5, 5.41) is 0. The van der Waals surface area contributed by atoms with Crippen LogP contribution in [0.1, 0.15) is 59.9 Å². The van der Waals surface area contributed by atoms with E-state index in [2.05, 4.69) is 0 Å². The third-order valence-electron chi connectivity index (χ3n) is 5.80. The Morgan fingerprint density at radius 2 is 1.36 bits per heavy atom. The van der Waals surface area contributed by atoms with E-state index in [4.69, 9.17) is 23.3 Å². The van der Waals surface area contributed by atoms with Crippen LogP contribution in [0.5, 0.6) is 11.5 Å². The standard InChI is InChI=1S/C29H41O11PS/c1-28(2,3)26(30)36-20-38-41(32,39-21-37-27(31)29(4,5)6)25(19-42(33,34)35)17-11-13-22-12-10-16-24(18-22)40-23-14-8-7-9-15-23/h7-10,12,14-16,18,25H,11,13,17,19-21H2,1-6H3,(H,33,34,35). The molecular weight excluding hydrogens is 587 g/mol. The number of aryl methyl sites for hydroxylation is 1. The predicted molar refractivity (Wildman–Crippen MR) is 157 cm³/mol. The molecule has 1 unspecified atom stereocenters. The molecule has 42 heavy (non-hydrogen) atoms. The zero-order chi connectivity index (χ0) is 31.6. The first-order chi connectivity index (χ1) is 19.4. The number of esters is 2. The van der Waals surface area contributed by atoms with Crippen LogP contribution in [-0.2, 0) is 49.2 Å². The van der Waals surface area contributed by atoms with E-state index in [0.29, 0.717) is 24.3 Å². The number of hydrogen-bond acceptors (Lipinski definition) is 10. The van der Waals surface area contributed by atoms with Gasteiger partial charge >= 0.3 is 19.5 Å². The van der Waals surface area contributed by atoms with Gasteiger partial charge in [0.1, 0.15) is 11.5 Å². The van der Waals surface area contributed by atoms with E-state index in [1.54, 1.807) is 47.6 Å².